The van der Waals surface area contributed by atoms with E-state index in [-0.39, 0.29) is 35.6 Å². The van der Waals surface area contributed by atoms with Crippen LogP contribution in [0.25, 0.3) is 11.3 Å². The van der Waals surface area contributed by atoms with E-state index in [2.05, 4.69) is 21.5 Å². The number of amides is 4. The van der Waals surface area contributed by atoms with Crippen LogP contribution in [0.5, 0.6) is 0 Å². The Balaban J connectivity index is 1.17. The molecule has 11 heteroatoms. The number of nitrogens with one attached hydrogen (secondary N) is 2. The number of aromatic nitrogens is 3. The lowest BCUT2D eigenvalue weighted by atomic mass is 9.74. The number of rotatable bonds is 8. The molecule has 5 heterocycles. The van der Waals surface area contributed by atoms with Crippen LogP contribution in [0.4, 0.5) is 10.5 Å². The van der Waals surface area contributed by atoms with E-state index in [1.165, 1.54) is 9.80 Å². The minimum atomic E-state index is -0.953. The average Bonchev–Trinajstić information content (AvgIpc) is 3.88. The van der Waals surface area contributed by atoms with E-state index in [4.69, 9.17) is 5.10 Å². The monoisotopic (exact) mass is 659 g/mol. The Bertz CT molecular complexity index is 1940. The van der Waals surface area contributed by atoms with Crippen LogP contribution in [0.1, 0.15) is 74.6 Å². The zero-order chi connectivity index (χ0) is 33.7. The van der Waals surface area contributed by atoms with Gasteiger partial charge in [-0.3, -0.25) is 24.0 Å². The number of likely N-dealkylation sites (N-methyl/N-ethyl adjacent to an activating group) is 1. The second-order valence-corrected chi connectivity index (χ2v) is 14.0. The average molecular weight is 660 g/mol. The van der Waals surface area contributed by atoms with Gasteiger partial charge >= 0.3 is 6.03 Å². The molecule has 0 unspecified atom stereocenters. The van der Waals surface area contributed by atoms with Crippen LogP contribution in [0.15, 0.2) is 90.0 Å². The fourth-order valence-electron chi connectivity index (χ4n) is 8.28. The molecule has 0 radical (unpaired) electrons. The Labute approximate surface area is 284 Å². The lowest BCUT2D eigenvalue weighted by Crippen LogP contribution is -2.69. The van der Waals surface area contributed by atoms with Crippen LogP contribution >= 0.6 is 0 Å². The van der Waals surface area contributed by atoms with Gasteiger partial charge in [0.05, 0.1) is 24.3 Å². The molecule has 2 saturated carbocycles. The van der Waals surface area contributed by atoms with Gasteiger partial charge in [-0.25, -0.2) is 4.79 Å². The maximum absolute atomic E-state index is 14.6. The Morgan fingerprint density at radius 1 is 0.918 bits per heavy atom. The summed E-state index contributed by atoms with van der Waals surface area (Å²) in [6, 6.07) is 22.0. The van der Waals surface area contributed by atoms with Gasteiger partial charge in [0.25, 0.3) is 5.56 Å². The fourth-order valence-corrected chi connectivity index (χ4v) is 8.28. The maximum atomic E-state index is 14.6. The Morgan fingerprint density at radius 3 is 2.31 bits per heavy atom. The second kappa shape index (κ2) is 12.4. The van der Waals surface area contributed by atoms with Gasteiger partial charge < -0.3 is 20.1 Å². The molecule has 2 aromatic carbocycles. The molecule has 9 rings (SSSR count). The SMILES string of the molecule is CN1C(=O)N(c2cccn([C@@H](c3ccccc3)c3cn(C4CCCC4)nc3-c3ccccc3)c2=O)C[C@@H]1C(=O)NC12CCC(CC1)NC2=O. The molecule has 4 aromatic rings. The highest BCUT2D eigenvalue weighted by Crippen LogP contribution is 2.38. The van der Waals surface area contributed by atoms with Crippen molar-refractivity contribution >= 4 is 23.5 Å². The summed E-state index contributed by atoms with van der Waals surface area (Å²) in [7, 11) is 1.57. The molecule has 2 atom stereocenters. The maximum Gasteiger partial charge on any atom is 0.325 e. The van der Waals surface area contributed by atoms with E-state index in [0.29, 0.717) is 18.9 Å². The number of piperidine rings is 2. The van der Waals surface area contributed by atoms with Gasteiger partial charge in [0.2, 0.25) is 11.8 Å². The molecule has 5 fully saturated rings. The number of fused-ring (bicyclic) bond motifs is 3. The zero-order valence-electron chi connectivity index (χ0n) is 27.6. The highest BCUT2D eigenvalue weighted by atomic mass is 16.2. The number of hydrogen-bond acceptors (Lipinski definition) is 5. The van der Waals surface area contributed by atoms with E-state index in [9.17, 15) is 19.2 Å². The molecule has 2 N–H and O–H groups in total. The number of carbonyl (C=O) groups is 3. The number of carbonyl (C=O) groups excluding carboxylic acids is 3. The van der Waals surface area contributed by atoms with Crippen molar-refractivity contribution in [3.8, 4) is 11.3 Å². The highest BCUT2D eigenvalue weighted by molar-refractivity contribution is 6.02. The topological polar surface area (TPSA) is 122 Å². The predicted octanol–water partition coefficient (Wildman–Crippen LogP) is 4.63. The largest absolute Gasteiger partial charge is 0.351 e. The molecule has 5 aliphatic rings. The molecule has 0 spiro atoms. The minimum absolute atomic E-state index is 0.00831. The Morgan fingerprint density at radius 2 is 1.61 bits per heavy atom. The molecule has 4 amide bonds. The van der Waals surface area contributed by atoms with Gasteiger partial charge in [-0.1, -0.05) is 73.5 Å². The van der Waals surface area contributed by atoms with Gasteiger partial charge in [-0.2, -0.15) is 5.10 Å². The van der Waals surface area contributed by atoms with Crippen molar-refractivity contribution in [1.82, 2.24) is 29.9 Å². The van der Waals surface area contributed by atoms with Crippen molar-refractivity contribution in [3.63, 3.8) is 0 Å². The van der Waals surface area contributed by atoms with E-state index in [1.54, 1.807) is 29.9 Å². The van der Waals surface area contributed by atoms with Crippen LogP contribution < -0.4 is 21.1 Å². The molecule has 3 aliphatic heterocycles. The van der Waals surface area contributed by atoms with E-state index >= 15 is 0 Å². The number of nitrogens with zero attached hydrogens (tertiary/aromatic N) is 5. The Hall–Kier alpha value is -5.19. The molecule has 2 aromatic heterocycles. The van der Waals surface area contributed by atoms with Crippen molar-refractivity contribution in [3.05, 3.63) is 107 Å². The van der Waals surface area contributed by atoms with Crippen molar-refractivity contribution < 1.29 is 14.4 Å². The van der Waals surface area contributed by atoms with Crippen molar-refractivity contribution in [2.24, 2.45) is 0 Å². The molecule has 11 nitrogen and oxygen atoms in total. The first-order valence-electron chi connectivity index (χ1n) is 17.4. The van der Waals surface area contributed by atoms with Gasteiger partial charge in [0.1, 0.15) is 17.3 Å². The van der Waals surface area contributed by atoms with Crippen LogP contribution in [-0.4, -0.2) is 68.3 Å². The Kier molecular flexibility index (Phi) is 7.85. The van der Waals surface area contributed by atoms with Gasteiger partial charge in [0.15, 0.2) is 0 Å². The fraction of sp³-hybridized carbons (Fsp3) is 0.395. The number of benzene rings is 2. The smallest absolute Gasteiger partial charge is 0.325 e. The van der Waals surface area contributed by atoms with Crippen LogP contribution in [0.3, 0.4) is 0 Å². The third kappa shape index (κ3) is 5.41. The normalized spacial score (nSPS) is 24.3. The van der Waals surface area contributed by atoms with Gasteiger partial charge in [-0.15, -0.1) is 0 Å². The first-order chi connectivity index (χ1) is 23.8. The van der Waals surface area contributed by atoms with Gasteiger partial charge in [-0.05, 0) is 56.2 Å². The molecule has 3 saturated heterocycles. The second-order valence-electron chi connectivity index (χ2n) is 14.0. The summed E-state index contributed by atoms with van der Waals surface area (Å²) in [5.74, 6) is -0.546. The zero-order valence-corrected chi connectivity index (χ0v) is 27.6. The number of anilines is 1. The van der Waals surface area contributed by atoms with Crippen LogP contribution in [0, 0.1) is 0 Å². The number of pyridine rings is 1. The third-order valence-corrected chi connectivity index (χ3v) is 11.1. The first kappa shape index (κ1) is 31.1. The van der Waals surface area contributed by atoms with Gasteiger partial charge in [0, 0.05) is 36.6 Å². The highest BCUT2D eigenvalue weighted by Gasteiger charge is 2.50. The lowest BCUT2D eigenvalue weighted by Gasteiger charge is -2.46. The molecule has 49 heavy (non-hydrogen) atoms. The summed E-state index contributed by atoms with van der Waals surface area (Å²) < 4.78 is 3.76. The quantitative estimate of drug-likeness (QED) is 0.286. The van der Waals surface area contributed by atoms with Crippen LogP contribution in [0.2, 0.25) is 0 Å². The lowest BCUT2D eigenvalue weighted by molar-refractivity contribution is -0.140. The van der Waals surface area contributed by atoms with Crippen molar-refractivity contribution in [1.29, 1.82) is 0 Å². The number of hydrogen-bond donors (Lipinski definition) is 2. The molecule has 2 bridgehead atoms. The summed E-state index contributed by atoms with van der Waals surface area (Å²) in [4.78, 5) is 57.6. The van der Waals surface area contributed by atoms with Crippen molar-refractivity contribution in [2.75, 3.05) is 18.5 Å². The van der Waals surface area contributed by atoms with E-state index < -0.39 is 23.7 Å². The predicted molar refractivity (Wildman–Crippen MR) is 185 cm³/mol. The summed E-state index contributed by atoms with van der Waals surface area (Å²) in [5.41, 5.74) is 2.46. The summed E-state index contributed by atoms with van der Waals surface area (Å²) in [6.07, 6.45) is 11.1. The van der Waals surface area contributed by atoms with Crippen molar-refractivity contribution in [2.45, 2.75) is 81.1 Å². The van der Waals surface area contributed by atoms with E-state index in [0.717, 1.165) is 60.9 Å². The van der Waals surface area contributed by atoms with Crippen LogP contribution in [-0.2, 0) is 9.59 Å². The summed E-state index contributed by atoms with van der Waals surface area (Å²) in [6.45, 7) is -0.00831. The molecular weight excluding hydrogens is 618 g/mol. The molecule has 252 valence electrons. The number of urea groups is 1. The molecular formula is C38H41N7O4. The summed E-state index contributed by atoms with van der Waals surface area (Å²) in [5, 5.41) is 11.1. The minimum Gasteiger partial charge on any atom is -0.351 e. The standard InChI is InChI=1S/C38H41N7O4/c1-42-31(34(46)40-38-20-18-27(19-21-38)39-36(38)48)24-44(37(42)49)30-17-10-22-43(35(30)47)33(26-13-6-3-7-14-26)29-23-45(28-15-8-9-16-28)41-32(29)25-11-4-2-5-12-25/h2-7,10-14,17,22-23,27-28,31,33H,8-9,15-16,18-21,24H2,1H3,(H,39,48)(H,40,46)/t27?,31-,33+,38?/m1/s1. The third-order valence-electron chi connectivity index (χ3n) is 11.1. The summed E-state index contributed by atoms with van der Waals surface area (Å²) >= 11 is 0. The van der Waals surface area contributed by atoms with E-state index in [1.807, 2.05) is 60.7 Å². The first-order valence-corrected chi connectivity index (χ1v) is 17.4. The molecule has 2 aliphatic carbocycles.